The Labute approximate surface area is 101 Å². The summed E-state index contributed by atoms with van der Waals surface area (Å²) < 4.78 is 27.6. The van der Waals surface area contributed by atoms with Gasteiger partial charge in [-0.1, -0.05) is 11.8 Å². The maximum absolute atomic E-state index is 11.2. The number of halogens is 1. The average Bonchev–Trinajstić information content (AvgIpc) is 2.21. The van der Waals surface area contributed by atoms with Crippen LogP contribution in [0.5, 0.6) is 5.88 Å². The zero-order valence-corrected chi connectivity index (χ0v) is 11.3. The third kappa shape index (κ3) is 3.62. The third-order valence-electron chi connectivity index (χ3n) is 1.43. The molecule has 0 aliphatic carbocycles. The Kier molecular flexibility index (Phi) is 4.35. The van der Waals surface area contributed by atoms with Gasteiger partial charge in [0, 0.05) is 6.20 Å². The van der Waals surface area contributed by atoms with Crippen molar-refractivity contribution in [3.63, 3.8) is 0 Å². The van der Waals surface area contributed by atoms with E-state index in [1.165, 1.54) is 24.9 Å². The number of thioether (sulfide) groups is 1. The van der Waals surface area contributed by atoms with Crippen LogP contribution in [0.1, 0.15) is 6.92 Å². The van der Waals surface area contributed by atoms with Gasteiger partial charge in [-0.25, -0.2) is 4.98 Å². The minimum atomic E-state index is -3.55. The molecule has 0 bridgehead atoms. The van der Waals surface area contributed by atoms with Gasteiger partial charge in [-0.3, -0.25) is 0 Å². The lowest BCUT2D eigenvalue weighted by Crippen LogP contribution is -2.13. The van der Waals surface area contributed by atoms with Gasteiger partial charge in [-0.2, -0.15) is 13.4 Å². The minimum absolute atomic E-state index is 0.0243. The second kappa shape index (κ2) is 5.13. The van der Waals surface area contributed by atoms with E-state index >= 15 is 0 Å². The molecule has 1 rings (SSSR count). The van der Waals surface area contributed by atoms with Gasteiger partial charge in [-0.05, 0) is 29.1 Å². The van der Waals surface area contributed by atoms with Gasteiger partial charge in [-0.15, -0.1) is 0 Å². The number of aromatic nitrogens is 2. The topological polar surface area (TPSA) is 69.2 Å². The van der Waals surface area contributed by atoms with E-state index in [4.69, 9.17) is 4.18 Å². The summed E-state index contributed by atoms with van der Waals surface area (Å²) >= 11 is 4.43. The molecule has 0 spiro atoms. The van der Waals surface area contributed by atoms with Crippen LogP contribution in [0.2, 0.25) is 0 Å². The fourth-order valence-corrected chi connectivity index (χ4v) is 1.87. The molecule has 8 heteroatoms. The molecule has 0 N–H and O–H groups in total. The van der Waals surface area contributed by atoms with Crippen LogP contribution in [0.4, 0.5) is 0 Å². The molecule has 0 aliphatic rings. The van der Waals surface area contributed by atoms with Crippen molar-refractivity contribution in [1.29, 1.82) is 0 Å². The summed E-state index contributed by atoms with van der Waals surface area (Å²) in [5, 5.41) is 0.458. The van der Waals surface area contributed by atoms with E-state index in [-0.39, 0.29) is 11.6 Å². The molecule has 1 aromatic rings. The molecular weight excluding hydrogens is 304 g/mol. The van der Waals surface area contributed by atoms with E-state index in [2.05, 4.69) is 25.9 Å². The van der Waals surface area contributed by atoms with Crippen LogP contribution in [-0.4, -0.2) is 30.4 Å². The predicted octanol–water partition coefficient (Wildman–Crippen LogP) is 1.69. The Hall–Kier alpha value is -0.340. The SMILES string of the molecule is CCS(=O)(=O)Oc1nc(SC)ncc1Br. The molecule has 0 fully saturated rings. The van der Waals surface area contributed by atoms with Crippen LogP contribution < -0.4 is 4.18 Å². The number of hydrogen-bond donors (Lipinski definition) is 0. The average molecular weight is 313 g/mol. The van der Waals surface area contributed by atoms with Crippen LogP contribution in [-0.2, 0) is 10.1 Å². The maximum Gasteiger partial charge on any atom is 0.310 e. The molecule has 0 saturated heterocycles. The van der Waals surface area contributed by atoms with Crippen LogP contribution in [0.25, 0.3) is 0 Å². The quantitative estimate of drug-likeness (QED) is 0.479. The smallest absolute Gasteiger partial charge is 0.310 e. The molecule has 84 valence electrons. The van der Waals surface area contributed by atoms with Crippen molar-refractivity contribution >= 4 is 37.8 Å². The summed E-state index contributed by atoms with van der Waals surface area (Å²) in [5.74, 6) is -0.0749. The molecule has 0 radical (unpaired) electrons. The van der Waals surface area contributed by atoms with Crippen molar-refractivity contribution in [2.75, 3.05) is 12.0 Å². The van der Waals surface area contributed by atoms with Crippen LogP contribution in [0, 0.1) is 0 Å². The molecule has 0 aromatic carbocycles. The van der Waals surface area contributed by atoms with Gasteiger partial charge in [0.1, 0.15) is 0 Å². The third-order valence-corrected chi connectivity index (χ3v) is 3.66. The van der Waals surface area contributed by atoms with E-state index in [1.807, 2.05) is 0 Å². The van der Waals surface area contributed by atoms with Crippen molar-refractivity contribution in [3.8, 4) is 5.88 Å². The first-order chi connectivity index (χ1) is 6.98. The lowest BCUT2D eigenvalue weighted by atomic mass is 10.6. The molecule has 1 aromatic heterocycles. The highest BCUT2D eigenvalue weighted by atomic mass is 79.9. The van der Waals surface area contributed by atoms with Crippen LogP contribution in [0.15, 0.2) is 15.8 Å². The first-order valence-electron chi connectivity index (χ1n) is 3.97. The number of hydrogen-bond acceptors (Lipinski definition) is 6. The zero-order chi connectivity index (χ0) is 11.5. The molecule has 5 nitrogen and oxygen atoms in total. The Bertz CT molecular complexity index is 450. The summed E-state index contributed by atoms with van der Waals surface area (Å²) in [6.45, 7) is 1.50. The normalized spacial score (nSPS) is 11.4. The first-order valence-corrected chi connectivity index (χ1v) is 7.56. The van der Waals surface area contributed by atoms with E-state index in [9.17, 15) is 8.42 Å². The summed E-state index contributed by atoms with van der Waals surface area (Å²) in [4.78, 5) is 7.87. The molecule has 1 heterocycles. The molecular formula is C7H9BrN2O3S2. The summed E-state index contributed by atoms with van der Waals surface area (Å²) in [6.07, 6.45) is 3.25. The van der Waals surface area contributed by atoms with E-state index in [0.29, 0.717) is 9.63 Å². The Morgan fingerprint density at radius 1 is 1.60 bits per heavy atom. The van der Waals surface area contributed by atoms with E-state index in [1.54, 1.807) is 6.26 Å². The molecule has 0 amide bonds. The van der Waals surface area contributed by atoms with Gasteiger partial charge in [0.2, 0.25) is 0 Å². The van der Waals surface area contributed by atoms with E-state index < -0.39 is 10.1 Å². The number of nitrogens with zero attached hydrogens (tertiary/aromatic N) is 2. The Morgan fingerprint density at radius 3 is 2.80 bits per heavy atom. The predicted molar refractivity (Wildman–Crippen MR) is 61.6 cm³/mol. The summed E-state index contributed by atoms with van der Waals surface area (Å²) in [7, 11) is -3.55. The standard InChI is InChI=1S/C7H9BrN2O3S2/c1-3-15(11,12)13-6-5(8)4-9-7(10-6)14-2/h4H,3H2,1-2H3. The lowest BCUT2D eigenvalue weighted by Gasteiger charge is -2.05. The van der Waals surface area contributed by atoms with Crippen molar-refractivity contribution in [2.24, 2.45) is 0 Å². The van der Waals surface area contributed by atoms with Gasteiger partial charge in [0.15, 0.2) is 5.16 Å². The fraction of sp³-hybridized carbons (Fsp3) is 0.429. The fourth-order valence-electron chi connectivity index (χ4n) is 0.672. The second-order valence-corrected chi connectivity index (χ2v) is 5.93. The van der Waals surface area contributed by atoms with Gasteiger partial charge in [0.25, 0.3) is 5.88 Å². The van der Waals surface area contributed by atoms with Crippen molar-refractivity contribution in [1.82, 2.24) is 9.97 Å². The molecule has 0 saturated carbocycles. The molecule has 15 heavy (non-hydrogen) atoms. The summed E-state index contributed by atoms with van der Waals surface area (Å²) in [5.41, 5.74) is 0. The van der Waals surface area contributed by atoms with Crippen molar-refractivity contribution in [2.45, 2.75) is 12.1 Å². The van der Waals surface area contributed by atoms with Gasteiger partial charge in [0.05, 0.1) is 10.2 Å². The Morgan fingerprint density at radius 2 is 2.27 bits per heavy atom. The number of rotatable bonds is 4. The monoisotopic (exact) mass is 312 g/mol. The highest BCUT2D eigenvalue weighted by Crippen LogP contribution is 2.24. The molecule has 0 atom stereocenters. The molecule has 0 aliphatic heterocycles. The first kappa shape index (κ1) is 12.7. The molecule has 0 unspecified atom stereocenters. The summed E-state index contributed by atoms with van der Waals surface area (Å²) in [6, 6.07) is 0. The highest BCUT2D eigenvalue weighted by molar-refractivity contribution is 9.10. The van der Waals surface area contributed by atoms with Crippen molar-refractivity contribution < 1.29 is 12.6 Å². The van der Waals surface area contributed by atoms with Crippen LogP contribution >= 0.6 is 27.7 Å². The van der Waals surface area contributed by atoms with Crippen LogP contribution in [0.3, 0.4) is 0 Å². The van der Waals surface area contributed by atoms with E-state index in [0.717, 1.165) is 0 Å². The minimum Gasteiger partial charge on any atom is -0.360 e. The van der Waals surface area contributed by atoms with Gasteiger partial charge >= 0.3 is 10.1 Å². The lowest BCUT2D eigenvalue weighted by molar-refractivity contribution is 0.471. The largest absolute Gasteiger partial charge is 0.360 e. The van der Waals surface area contributed by atoms with Gasteiger partial charge < -0.3 is 4.18 Å². The highest BCUT2D eigenvalue weighted by Gasteiger charge is 2.14. The zero-order valence-electron chi connectivity index (χ0n) is 8.10. The second-order valence-electron chi connectivity index (χ2n) is 2.44. The Balaban J connectivity index is 3.04. The maximum atomic E-state index is 11.2. The van der Waals surface area contributed by atoms with Crippen molar-refractivity contribution in [3.05, 3.63) is 10.7 Å².